The predicted octanol–water partition coefficient (Wildman–Crippen LogP) is 4.99. The van der Waals surface area contributed by atoms with E-state index in [0.717, 1.165) is 64.4 Å². The van der Waals surface area contributed by atoms with Gasteiger partial charge in [0.1, 0.15) is 5.75 Å². The second kappa shape index (κ2) is 9.56. The van der Waals surface area contributed by atoms with E-state index in [1.807, 2.05) is 48.6 Å². The Kier molecular flexibility index (Phi) is 6.62. The summed E-state index contributed by atoms with van der Waals surface area (Å²) in [5.74, 6) is 1.95. The van der Waals surface area contributed by atoms with Crippen molar-refractivity contribution < 1.29 is 4.74 Å². The summed E-state index contributed by atoms with van der Waals surface area (Å²) in [4.78, 5) is 9.75. The summed E-state index contributed by atoms with van der Waals surface area (Å²) in [5.41, 5.74) is 8.78. The third-order valence-electron chi connectivity index (χ3n) is 5.76. The van der Waals surface area contributed by atoms with Gasteiger partial charge < -0.3 is 15.8 Å². The first-order chi connectivity index (χ1) is 14.7. The van der Waals surface area contributed by atoms with Crippen LogP contribution in [-0.4, -0.2) is 29.8 Å². The molecule has 3 aromatic rings. The highest BCUT2D eigenvalue weighted by atomic mass is 35.5. The second-order valence-electron chi connectivity index (χ2n) is 7.69. The van der Waals surface area contributed by atoms with E-state index in [-0.39, 0.29) is 0 Å². The SMILES string of the molecule is COc1ccc2nc(C=Cc3ccc(Cl)cc3)nc(C3CCC(NCN)CC3)c2c1. The van der Waals surface area contributed by atoms with Gasteiger partial charge in [-0.15, -0.1) is 0 Å². The zero-order chi connectivity index (χ0) is 20.9. The lowest BCUT2D eigenvalue weighted by Crippen LogP contribution is -2.36. The van der Waals surface area contributed by atoms with Gasteiger partial charge in [0.25, 0.3) is 0 Å². The van der Waals surface area contributed by atoms with Crippen molar-refractivity contribution in [1.82, 2.24) is 15.3 Å². The standard InChI is InChI=1S/C24H27ClN4O/c1-30-20-11-12-22-21(14-20)24(17-5-9-19(10-6-17)27-15-26)29-23(28-22)13-4-16-2-7-18(25)8-3-16/h2-4,7-8,11-14,17,19,27H,5-6,9-10,15,26H2,1H3. The van der Waals surface area contributed by atoms with E-state index in [1.54, 1.807) is 7.11 Å². The predicted molar refractivity (Wildman–Crippen MR) is 124 cm³/mol. The molecule has 3 N–H and O–H groups in total. The lowest BCUT2D eigenvalue weighted by atomic mass is 9.83. The Morgan fingerprint density at radius 3 is 2.53 bits per heavy atom. The molecular formula is C24H27ClN4O. The van der Waals surface area contributed by atoms with Gasteiger partial charge in [-0.25, -0.2) is 9.97 Å². The molecule has 0 amide bonds. The number of ether oxygens (including phenoxy) is 1. The van der Waals surface area contributed by atoms with Gasteiger partial charge in [0.05, 0.1) is 18.3 Å². The van der Waals surface area contributed by atoms with Crippen LogP contribution in [0, 0.1) is 0 Å². The number of nitrogens with zero attached hydrogens (tertiary/aromatic N) is 2. The van der Waals surface area contributed by atoms with Crippen LogP contribution in [0.15, 0.2) is 42.5 Å². The summed E-state index contributed by atoms with van der Waals surface area (Å²) in [7, 11) is 1.69. The molecule has 0 saturated heterocycles. The fraction of sp³-hybridized carbons (Fsp3) is 0.333. The summed E-state index contributed by atoms with van der Waals surface area (Å²) in [5, 5.41) is 5.17. The topological polar surface area (TPSA) is 73.1 Å². The number of hydrogen-bond donors (Lipinski definition) is 2. The van der Waals surface area contributed by atoms with Crippen LogP contribution in [-0.2, 0) is 0 Å². The molecule has 0 bridgehead atoms. The molecule has 1 fully saturated rings. The first-order valence-corrected chi connectivity index (χ1v) is 10.8. The molecule has 0 aliphatic heterocycles. The minimum absolute atomic E-state index is 0.404. The number of rotatable bonds is 6. The number of nitrogens with one attached hydrogen (secondary N) is 1. The normalized spacial score (nSPS) is 19.4. The Hall–Kier alpha value is -2.47. The molecule has 5 nitrogen and oxygen atoms in total. The van der Waals surface area contributed by atoms with Crippen molar-refractivity contribution in [3.8, 4) is 5.75 Å². The van der Waals surface area contributed by atoms with E-state index < -0.39 is 0 Å². The van der Waals surface area contributed by atoms with Crippen molar-refractivity contribution in [2.75, 3.05) is 13.8 Å². The Labute approximate surface area is 182 Å². The van der Waals surface area contributed by atoms with Gasteiger partial charge in [0, 0.05) is 29.0 Å². The maximum Gasteiger partial charge on any atom is 0.152 e. The fourth-order valence-corrected chi connectivity index (χ4v) is 4.27. The molecule has 1 saturated carbocycles. The van der Waals surface area contributed by atoms with Gasteiger partial charge in [-0.2, -0.15) is 0 Å². The molecule has 0 radical (unpaired) electrons. The highest BCUT2D eigenvalue weighted by Gasteiger charge is 2.25. The van der Waals surface area contributed by atoms with E-state index in [0.29, 0.717) is 18.6 Å². The molecule has 30 heavy (non-hydrogen) atoms. The minimum Gasteiger partial charge on any atom is -0.497 e. The average Bonchev–Trinajstić information content (AvgIpc) is 2.78. The third-order valence-corrected chi connectivity index (χ3v) is 6.02. The van der Waals surface area contributed by atoms with Crippen molar-refractivity contribution in [2.45, 2.75) is 37.6 Å². The van der Waals surface area contributed by atoms with Crippen LogP contribution in [0.5, 0.6) is 5.75 Å². The molecule has 1 aliphatic rings. The van der Waals surface area contributed by atoms with Gasteiger partial charge in [-0.3, -0.25) is 0 Å². The average molecular weight is 423 g/mol. The second-order valence-corrected chi connectivity index (χ2v) is 8.13. The molecule has 6 heteroatoms. The van der Waals surface area contributed by atoms with Gasteiger partial charge in [-0.05, 0) is 67.7 Å². The smallest absolute Gasteiger partial charge is 0.152 e. The highest BCUT2D eigenvalue weighted by molar-refractivity contribution is 6.30. The number of aromatic nitrogens is 2. The van der Waals surface area contributed by atoms with Gasteiger partial charge >= 0.3 is 0 Å². The lowest BCUT2D eigenvalue weighted by molar-refractivity contribution is 0.343. The Morgan fingerprint density at radius 2 is 1.83 bits per heavy atom. The van der Waals surface area contributed by atoms with Crippen LogP contribution < -0.4 is 15.8 Å². The molecule has 0 spiro atoms. The van der Waals surface area contributed by atoms with Crippen molar-refractivity contribution in [2.24, 2.45) is 5.73 Å². The molecule has 4 rings (SSSR count). The van der Waals surface area contributed by atoms with Crippen molar-refractivity contribution in [3.05, 3.63) is 64.6 Å². The lowest BCUT2D eigenvalue weighted by Gasteiger charge is -2.29. The summed E-state index contributed by atoms with van der Waals surface area (Å²) in [6.07, 6.45) is 8.37. The Bertz CT molecular complexity index is 1030. The first kappa shape index (κ1) is 20.8. The number of halogens is 1. The van der Waals surface area contributed by atoms with E-state index in [4.69, 9.17) is 32.0 Å². The van der Waals surface area contributed by atoms with E-state index in [9.17, 15) is 0 Å². The number of fused-ring (bicyclic) bond motifs is 1. The summed E-state index contributed by atoms with van der Waals surface area (Å²) >= 11 is 5.99. The molecule has 0 unspecified atom stereocenters. The monoisotopic (exact) mass is 422 g/mol. The largest absolute Gasteiger partial charge is 0.497 e. The van der Waals surface area contributed by atoms with Crippen LogP contribution in [0.4, 0.5) is 0 Å². The van der Waals surface area contributed by atoms with E-state index in [2.05, 4.69) is 11.4 Å². The molecule has 1 aromatic heterocycles. The summed E-state index contributed by atoms with van der Waals surface area (Å²) < 4.78 is 5.45. The van der Waals surface area contributed by atoms with Gasteiger partial charge in [0.15, 0.2) is 5.82 Å². The third kappa shape index (κ3) is 4.81. The molecular weight excluding hydrogens is 396 g/mol. The van der Waals surface area contributed by atoms with Crippen molar-refractivity contribution in [3.63, 3.8) is 0 Å². The molecule has 1 aliphatic carbocycles. The number of benzene rings is 2. The first-order valence-electron chi connectivity index (χ1n) is 10.4. The Morgan fingerprint density at radius 1 is 1.07 bits per heavy atom. The van der Waals surface area contributed by atoms with Crippen LogP contribution in [0.25, 0.3) is 23.1 Å². The zero-order valence-corrected chi connectivity index (χ0v) is 17.9. The van der Waals surface area contributed by atoms with Crippen LogP contribution in [0.2, 0.25) is 5.02 Å². The number of nitrogens with two attached hydrogens (primary N) is 1. The summed E-state index contributed by atoms with van der Waals surface area (Å²) in [6, 6.07) is 14.3. The number of hydrogen-bond acceptors (Lipinski definition) is 5. The van der Waals surface area contributed by atoms with Gasteiger partial charge in [-0.1, -0.05) is 29.8 Å². The quantitative estimate of drug-likeness (QED) is 0.547. The van der Waals surface area contributed by atoms with E-state index >= 15 is 0 Å². The molecule has 1 heterocycles. The van der Waals surface area contributed by atoms with Crippen molar-refractivity contribution in [1.29, 1.82) is 0 Å². The zero-order valence-electron chi connectivity index (χ0n) is 17.1. The highest BCUT2D eigenvalue weighted by Crippen LogP contribution is 2.36. The van der Waals surface area contributed by atoms with Crippen LogP contribution in [0.3, 0.4) is 0 Å². The summed E-state index contributed by atoms with van der Waals surface area (Å²) in [6.45, 7) is 0.530. The maximum absolute atomic E-state index is 5.99. The van der Waals surface area contributed by atoms with Crippen LogP contribution in [0.1, 0.15) is 48.7 Å². The molecule has 0 atom stereocenters. The minimum atomic E-state index is 0.404. The van der Waals surface area contributed by atoms with E-state index in [1.165, 1.54) is 0 Å². The van der Waals surface area contributed by atoms with Crippen molar-refractivity contribution >= 4 is 34.7 Å². The number of methoxy groups -OCH3 is 1. The maximum atomic E-state index is 5.99. The fourth-order valence-electron chi connectivity index (χ4n) is 4.14. The van der Waals surface area contributed by atoms with Crippen LogP contribution >= 0.6 is 11.6 Å². The molecule has 2 aromatic carbocycles. The molecule has 156 valence electrons. The Balaban J connectivity index is 1.68. The van der Waals surface area contributed by atoms with Gasteiger partial charge in [0.2, 0.25) is 0 Å².